The lowest BCUT2D eigenvalue weighted by Gasteiger charge is -2.33. The van der Waals surface area contributed by atoms with Crippen molar-refractivity contribution in [1.29, 1.82) is 0 Å². The second-order valence-corrected chi connectivity index (χ2v) is 3.39. The van der Waals surface area contributed by atoms with Crippen LogP contribution >= 0.6 is 0 Å². The zero-order valence-corrected chi connectivity index (χ0v) is 7.85. The fourth-order valence-corrected chi connectivity index (χ4v) is 1.58. The Morgan fingerprint density at radius 3 is 1.79 bits per heavy atom. The molecule has 0 radical (unpaired) electrons. The average molecular weight is 202 g/mol. The molecule has 0 spiro atoms. The van der Waals surface area contributed by atoms with Gasteiger partial charge in [0.25, 0.3) is 0 Å². The van der Waals surface area contributed by atoms with Crippen LogP contribution < -0.4 is 0 Å². The molecular weight excluding hydrogens is 188 g/mol. The molecule has 0 bridgehead atoms. The predicted octanol–water partition coefficient (Wildman–Crippen LogP) is -0.879. The number of hydrogen-bond donors (Lipinski definition) is 2. The van der Waals surface area contributed by atoms with Crippen LogP contribution in [0, 0.1) is 0 Å². The first-order valence-electron chi connectivity index (χ1n) is 4.46. The van der Waals surface area contributed by atoms with Crippen LogP contribution in [-0.2, 0) is 9.59 Å². The van der Waals surface area contributed by atoms with E-state index >= 15 is 0 Å². The minimum atomic E-state index is -0.873. The molecule has 1 rings (SSSR count). The van der Waals surface area contributed by atoms with E-state index in [0.29, 0.717) is 6.67 Å². The summed E-state index contributed by atoms with van der Waals surface area (Å²) < 4.78 is 0. The SMILES string of the molecule is O=C(O)CN1CCCN(CC(=O)O)C1. The van der Waals surface area contributed by atoms with Crippen LogP contribution in [0.5, 0.6) is 0 Å². The third-order valence-corrected chi connectivity index (χ3v) is 2.07. The molecule has 0 aliphatic carbocycles. The van der Waals surface area contributed by atoms with Gasteiger partial charge in [-0.05, 0) is 6.42 Å². The highest BCUT2D eigenvalue weighted by Crippen LogP contribution is 2.04. The third kappa shape index (κ3) is 3.71. The number of carboxylic acid groups (broad SMARTS) is 2. The van der Waals surface area contributed by atoms with Crippen molar-refractivity contribution in [1.82, 2.24) is 9.80 Å². The fourth-order valence-electron chi connectivity index (χ4n) is 1.58. The molecule has 0 aromatic heterocycles. The topological polar surface area (TPSA) is 81.1 Å². The second-order valence-electron chi connectivity index (χ2n) is 3.39. The van der Waals surface area contributed by atoms with Gasteiger partial charge in [-0.15, -0.1) is 0 Å². The smallest absolute Gasteiger partial charge is 0.317 e. The van der Waals surface area contributed by atoms with Crippen molar-refractivity contribution in [3.63, 3.8) is 0 Å². The minimum Gasteiger partial charge on any atom is -0.480 e. The third-order valence-electron chi connectivity index (χ3n) is 2.07. The summed E-state index contributed by atoms with van der Waals surface area (Å²) in [5.74, 6) is -1.75. The molecule has 80 valence electrons. The molecule has 6 nitrogen and oxygen atoms in total. The van der Waals surface area contributed by atoms with Crippen LogP contribution in [-0.4, -0.2) is 64.8 Å². The lowest BCUT2D eigenvalue weighted by atomic mass is 10.3. The van der Waals surface area contributed by atoms with Crippen molar-refractivity contribution in [2.45, 2.75) is 6.42 Å². The Hall–Kier alpha value is -1.14. The molecule has 1 saturated heterocycles. The minimum absolute atomic E-state index is 0.0177. The quantitative estimate of drug-likeness (QED) is 0.616. The van der Waals surface area contributed by atoms with Crippen molar-refractivity contribution in [2.24, 2.45) is 0 Å². The summed E-state index contributed by atoms with van der Waals surface area (Å²) in [6.07, 6.45) is 0.820. The molecule has 1 aliphatic rings. The molecule has 0 amide bonds. The predicted molar refractivity (Wildman–Crippen MR) is 47.9 cm³/mol. The molecule has 0 aromatic carbocycles. The van der Waals surface area contributed by atoms with Gasteiger partial charge < -0.3 is 10.2 Å². The maximum absolute atomic E-state index is 10.4. The molecule has 0 saturated carbocycles. The van der Waals surface area contributed by atoms with E-state index in [1.165, 1.54) is 0 Å². The average Bonchev–Trinajstić information content (AvgIpc) is 2.01. The Morgan fingerprint density at radius 1 is 1.00 bits per heavy atom. The zero-order chi connectivity index (χ0) is 10.6. The lowest BCUT2D eigenvalue weighted by Crippen LogP contribution is -2.48. The molecule has 2 N–H and O–H groups in total. The molecule has 0 atom stereocenters. The van der Waals surface area contributed by atoms with Gasteiger partial charge in [0.1, 0.15) is 0 Å². The molecule has 1 heterocycles. The Morgan fingerprint density at radius 2 is 1.43 bits per heavy atom. The standard InChI is InChI=1S/C8H14N2O4/c11-7(12)4-9-2-1-3-10(6-9)5-8(13)14/h1-6H2,(H,11,12)(H,13,14). The van der Waals surface area contributed by atoms with Gasteiger partial charge in [-0.3, -0.25) is 19.4 Å². The highest BCUT2D eigenvalue weighted by atomic mass is 16.4. The number of carboxylic acids is 2. The summed E-state index contributed by atoms with van der Waals surface area (Å²) in [4.78, 5) is 24.3. The first-order chi connectivity index (χ1) is 6.58. The van der Waals surface area contributed by atoms with E-state index in [4.69, 9.17) is 10.2 Å². The van der Waals surface area contributed by atoms with Crippen LogP contribution in [0.4, 0.5) is 0 Å². The molecule has 0 unspecified atom stereocenters. The highest BCUT2D eigenvalue weighted by Gasteiger charge is 2.20. The van der Waals surface area contributed by atoms with Crippen molar-refractivity contribution >= 4 is 11.9 Å². The second kappa shape index (κ2) is 4.92. The van der Waals surface area contributed by atoms with E-state index in [1.807, 2.05) is 0 Å². The van der Waals surface area contributed by atoms with E-state index in [1.54, 1.807) is 9.80 Å². The zero-order valence-electron chi connectivity index (χ0n) is 7.85. The van der Waals surface area contributed by atoms with Gasteiger partial charge in [-0.1, -0.05) is 0 Å². The summed E-state index contributed by atoms with van der Waals surface area (Å²) in [5, 5.41) is 17.1. The van der Waals surface area contributed by atoms with Crippen molar-refractivity contribution in [2.75, 3.05) is 32.8 Å². The van der Waals surface area contributed by atoms with E-state index in [-0.39, 0.29) is 13.1 Å². The van der Waals surface area contributed by atoms with Gasteiger partial charge in [-0.25, -0.2) is 0 Å². The van der Waals surface area contributed by atoms with Crippen molar-refractivity contribution < 1.29 is 19.8 Å². The normalized spacial score (nSPS) is 19.4. The van der Waals surface area contributed by atoms with Crippen LogP contribution in [0.1, 0.15) is 6.42 Å². The largest absolute Gasteiger partial charge is 0.480 e. The van der Waals surface area contributed by atoms with Gasteiger partial charge in [0.05, 0.1) is 19.8 Å². The van der Waals surface area contributed by atoms with Gasteiger partial charge in [0.15, 0.2) is 0 Å². The van der Waals surface area contributed by atoms with E-state index in [9.17, 15) is 9.59 Å². The van der Waals surface area contributed by atoms with E-state index in [0.717, 1.165) is 19.5 Å². The lowest BCUT2D eigenvalue weighted by molar-refractivity contribution is -0.141. The van der Waals surface area contributed by atoms with Crippen molar-refractivity contribution in [3.8, 4) is 0 Å². The molecule has 14 heavy (non-hydrogen) atoms. The first-order valence-corrected chi connectivity index (χ1v) is 4.46. The molecular formula is C8H14N2O4. The van der Waals surface area contributed by atoms with Crippen LogP contribution in [0.2, 0.25) is 0 Å². The Balaban J connectivity index is 2.35. The van der Waals surface area contributed by atoms with Crippen LogP contribution in [0.3, 0.4) is 0 Å². The van der Waals surface area contributed by atoms with Gasteiger partial charge in [0, 0.05) is 13.1 Å². The summed E-state index contributed by atoms with van der Waals surface area (Å²) in [7, 11) is 0. The summed E-state index contributed by atoms with van der Waals surface area (Å²) in [6, 6.07) is 0. The Labute approximate surface area is 81.7 Å². The monoisotopic (exact) mass is 202 g/mol. The van der Waals surface area contributed by atoms with Gasteiger partial charge in [0.2, 0.25) is 0 Å². The Kier molecular flexibility index (Phi) is 3.84. The molecule has 0 aromatic rings. The highest BCUT2D eigenvalue weighted by molar-refractivity contribution is 5.69. The maximum atomic E-state index is 10.4. The number of nitrogens with zero attached hydrogens (tertiary/aromatic N) is 2. The van der Waals surface area contributed by atoms with Gasteiger partial charge >= 0.3 is 11.9 Å². The summed E-state index contributed by atoms with van der Waals surface area (Å²) in [6.45, 7) is 1.84. The Bertz CT molecular complexity index is 209. The number of carbonyl (C=O) groups is 2. The molecule has 1 aliphatic heterocycles. The first kappa shape index (κ1) is 10.9. The summed E-state index contributed by atoms with van der Waals surface area (Å²) >= 11 is 0. The van der Waals surface area contributed by atoms with E-state index < -0.39 is 11.9 Å². The van der Waals surface area contributed by atoms with Crippen LogP contribution in [0.25, 0.3) is 0 Å². The van der Waals surface area contributed by atoms with Crippen LogP contribution in [0.15, 0.2) is 0 Å². The molecule has 6 heteroatoms. The summed E-state index contributed by atoms with van der Waals surface area (Å²) in [5.41, 5.74) is 0. The maximum Gasteiger partial charge on any atom is 0.317 e. The van der Waals surface area contributed by atoms with Crippen molar-refractivity contribution in [3.05, 3.63) is 0 Å². The number of hydrogen-bond acceptors (Lipinski definition) is 4. The van der Waals surface area contributed by atoms with Gasteiger partial charge in [-0.2, -0.15) is 0 Å². The molecule has 1 fully saturated rings. The fraction of sp³-hybridized carbons (Fsp3) is 0.750. The number of aliphatic carboxylic acids is 2. The van der Waals surface area contributed by atoms with E-state index in [2.05, 4.69) is 0 Å². The number of rotatable bonds is 4.